The number of furan rings is 1. The molecule has 23 heavy (non-hydrogen) atoms. The molecule has 3 heterocycles. The summed E-state index contributed by atoms with van der Waals surface area (Å²) in [6.45, 7) is 3.54. The Morgan fingerprint density at radius 2 is 2.22 bits per heavy atom. The van der Waals surface area contributed by atoms with Crippen LogP contribution in [0.15, 0.2) is 29.0 Å². The van der Waals surface area contributed by atoms with Gasteiger partial charge in [-0.25, -0.2) is 0 Å². The molecule has 5 heteroatoms. The molecule has 1 amide bonds. The molecule has 0 spiro atoms. The van der Waals surface area contributed by atoms with Crippen molar-refractivity contribution >= 4 is 11.7 Å². The minimum atomic E-state index is -0.0791. The minimum absolute atomic E-state index is 0.0387. The van der Waals surface area contributed by atoms with Crippen LogP contribution in [0.5, 0.6) is 0 Å². The molecule has 5 nitrogen and oxygen atoms in total. The Morgan fingerprint density at radius 3 is 3.04 bits per heavy atom. The van der Waals surface area contributed by atoms with E-state index >= 15 is 0 Å². The van der Waals surface area contributed by atoms with E-state index in [1.807, 2.05) is 11.0 Å². The minimum Gasteiger partial charge on any atom is -0.468 e. The lowest BCUT2D eigenvalue weighted by Crippen LogP contribution is -2.42. The van der Waals surface area contributed by atoms with Gasteiger partial charge in [-0.2, -0.15) is 0 Å². The van der Waals surface area contributed by atoms with Crippen molar-refractivity contribution in [1.82, 2.24) is 9.47 Å². The smallest absolute Gasteiger partial charge is 0.258 e. The second kappa shape index (κ2) is 5.41. The molecule has 4 rings (SSSR count). The summed E-state index contributed by atoms with van der Waals surface area (Å²) < 4.78 is 7.72. The Balaban J connectivity index is 1.70. The van der Waals surface area contributed by atoms with Crippen molar-refractivity contribution in [2.24, 2.45) is 0 Å². The number of hydrogen-bond acceptors (Lipinski definition) is 3. The molecule has 0 N–H and O–H groups in total. The van der Waals surface area contributed by atoms with Crippen molar-refractivity contribution < 1.29 is 14.0 Å². The molecule has 0 saturated heterocycles. The van der Waals surface area contributed by atoms with Crippen LogP contribution in [0.2, 0.25) is 0 Å². The summed E-state index contributed by atoms with van der Waals surface area (Å²) in [6.07, 6.45) is 6.45. The maximum atomic E-state index is 13.1. The second-order valence-corrected chi connectivity index (χ2v) is 6.27. The molecule has 0 bridgehead atoms. The van der Waals surface area contributed by atoms with Crippen LogP contribution in [0.1, 0.15) is 64.4 Å². The van der Waals surface area contributed by atoms with Gasteiger partial charge in [0, 0.05) is 37.8 Å². The van der Waals surface area contributed by atoms with Gasteiger partial charge in [0.25, 0.3) is 5.91 Å². The van der Waals surface area contributed by atoms with E-state index in [0.717, 1.165) is 31.5 Å². The first-order valence-corrected chi connectivity index (χ1v) is 8.30. The van der Waals surface area contributed by atoms with Crippen LogP contribution >= 0.6 is 0 Å². The van der Waals surface area contributed by atoms with Crippen molar-refractivity contribution in [3.05, 3.63) is 47.2 Å². The number of nitrogens with zero attached hydrogens (tertiary/aromatic N) is 2. The molecule has 2 aromatic heterocycles. The summed E-state index contributed by atoms with van der Waals surface area (Å²) in [4.78, 5) is 27.2. The largest absolute Gasteiger partial charge is 0.468 e. The Kier molecular flexibility index (Phi) is 3.36. The van der Waals surface area contributed by atoms with Crippen LogP contribution in [0, 0.1) is 0 Å². The highest BCUT2D eigenvalue weighted by molar-refractivity contribution is 6.09. The van der Waals surface area contributed by atoms with Gasteiger partial charge in [-0.3, -0.25) is 9.59 Å². The third kappa shape index (κ3) is 2.14. The molecule has 1 aliphatic carbocycles. The van der Waals surface area contributed by atoms with E-state index in [-0.39, 0.29) is 17.7 Å². The Bertz CT molecular complexity index is 771. The van der Waals surface area contributed by atoms with Gasteiger partial charge in [-0.1, -0.05) is 6.92 Å². The van der Waals surface area contributed by atoms with E-state index in [2.05, 4.69) is 23.8 Å². The van der Waals surface area contributed by atoms with E-state index in [0.29, 0.717) is 29.9 Å². The maximum Gasteiger partial charge on any atom is 0.258 e. The fourth-order valence-electron chi connectivity index (χ4n) is 3.87. The third-order valence-corrected chi connectivity index (χ3v) is 5.00. The van der Waals surface area contributed by atoms with Crippen LogP contribution in [0.25, 0.3) is 0 Å². The summed E-state index contributed by atoms with van der Waals surface area (Å²) in [5.41, 5.74) is 2.14. The number of aryl methyl sites for hydroxylation is 1. The van der Waals surface area contributed by atoms with E-state index < -0.39 is 0 Å². The van der Waals surface area contributed by atoms with Gasteiger partial charge in [-0.05, 0) is 25.0 Å². The molecule has 0 fully saturated rings. The van der Waals surface area contributed by atoms with Gasteiger partial charge in [0.2, 0.25) is 0 Å². The van der Waals surface area contributed by atoms with Crippen LogP contribution < -0.4 is 0 Å². The number of carbonyl (C=O) groups is 2. The highest BCUT2D eigenvalue weighted by Crippen LogP contribution is 2.33. The molecule has 2 aromatic rings. The fraction of sp³-hybridized carbons (Fsp3) is 0.444. The highest BCUT2D eigenvalue weighted by Gasteiger charge is 2.35. The Labute approximate surface area is 134 Å². The number of ketones is 1. The van der Waals surface area contributed by atoms with Gasteiger partial charge >= 0.3 is 0 Å². The third-order valence-electron chi connectivity index (χ3n) is 5.00. The number of fused-ring (bicyclic) bond motifs is 2. The zero-order chi connectivity index (χ0) is 16.0. The zero-order valence-electron chi connectivity index (χ0n) is 13.2. The zero-order valence-corrected chi connectivity index (χ0v) is 13.2. The average molecular weight is 312 g/mol. The van der Waals surface area contributed by atoms with E-state index in [1.54, 1.807) is 0 Å². The molecule has 2 aliphatic rings. The Hall–Kier alpha value is -2.30. The number of Topliss-reactive ketones (excluding diaryl/α,β-unsaturated/α-hetero) is 1. The molecule has 0 unspecified atom stereocenters. The lowest BCUT2D eigenvalue weighted by Gasteiger charge is -2.36. The summed E-state index contributed by atoms with van der Waals surface area (Å²) >= 11 is 0. The predicted octanol–water partition coefficient (Wildman–Crippen LogP) is 3.21. The standard InChI is InChI=1S/C18H20N2O3/c1-2-13-14-5-4-8-19(14)9-10-20(13)18(22)12-11-23-16-7-3-6-15(21)17(12)16/h4-5,8,11,13H,2-3,6-7,9-10H2,1H3/t13-/m0/s1. The van der Waals surface area contributed by atoms with Gasteiger partial charge < -0.3 is 13.9 Å². The summed E-state index contributed by atoms with van der Waals surface area (Å²) in [5.74, 6) is 0.638. The molecular weight excluding hydrogens is 292 g/mol. The second-order valence-electron chi connectivity index (χ2n) is 6.27. The maximum absolute atomic E-state index is 13.1. The normalized spacial score (nSPS) is 20.3. The molecule has 0 aromatic carbocycles. The first-order valence-electron chi connectivity index (χ1n) is 8.30. The van der Waals surface area contributed by atoms with Crippen LogP contribution in [0.3, 0.4) is 0 Å². The lowest BCUT2D eigenvalue weighted by molar-refractivity contribution is 0.0613. The van der Waals surface area contributed by atoms with Gasteiger partial charge in [0.1, 0.15) is 12.0 Å². The van der Waals surface area contributed by atoms with Crippen molar-refractivity contribution in [1.29, 1.82) is 0 Å². The predicted molar refractivity (Wildman–Crippen MR) is 84.5 cm³/mol. The molecular formula is C18H20N2O3. The summed E-state index contributed by atoms with van der Waals surface area (Å²) in [7, 11) is 0. The summed E-state index contributed by atoms with van der Waals surface area (Å²) in [5, 5.41) is 0. The number of hydrogen-bond donors (Lipinski definition) is 0. The van der Waals surface area contributed by atoms with Crippen LogP contribution in [-0.2, 0) is 13.0 Å². The topological polar surface area (TPSA) is 55.5 Å². The van der Waals surface area contributed by atoms with Crippen molar-refractivity contribution in [2.75, 3.05) is 6.54 Å². The quantitative estimate of drug-likeness (QED) is 0.855. The molecule has 120 valence electrons. The molecule has 1 aliphatic heterocycles. The van der Waals surface area contributed by atoms with E-state index in [4.69, 9.17) is 4.42 Å². The van der Waals surface area contributed by atoms with Crippen LogP contribution in [-0.4, -0.2) is 27.7 Å². The first kappa shape index (κ1) is 14.3. The van der Waals surface area contributed by atoms with Gasteiger partial charge in [0.05, 0.1) is 17.2 Å². The fourth-order valence-corrected chi connectivity index (χ4v) is 3.87. The number of aromatic nitrogens is 1. The first-order chi connectivity index (χ1) is 11.2. The van der Waals surface area contributed by atoms with Gasteiger partial charge in [-0.15, -0.1) is 0 Å². The van der Waals surface area contributed by atoms with Crippen LogP contribution in [0.4, 0.5) is 0 Å². The number of rotatable bonds is 2. The molecule has 0 saturated carbocycles. The van der Waals surface area contributed by atoms with Crippen molar-refractivity contribution in [3.63, 3.8) is 0 Å². The number of carbonyl (C=O) groups excluding carboxylic acids is 2. The van der Waals surface area contributed by atoms with E-state index in [9.17, 15) is 9.59 Å². The highest BCUT2D eigenvalue weighted by atomic mass is 16.3. The monoisotopic (exact) mass is 312 g/mol. The van der Waals surface area contributed by atoms with Crippen molar-refractivity contribution in [3.8, 4) is 0 Å². The number of amides is 1. The van der Waals surface area contributed by atoms with Gasteiger partial charge in [0.15, 0.2) is 5.78 Å². The van der Waals surface area contributed by atoms with E-state index in [1.165, 1.54) is 6.26 Å². The molecule has 1 atom stereocenters. The summed E-state index contributed by atoms with van der Waals surface area (Å²) in [6, 6.07) is 4.15. The molecule has 0 radical (unpaired) electrons. The average Bonchev–Trinajstić information content (AvgIpc) is 3.20. The van der Waals surface area contributed by atoms with Crippen molar-refractivity contribution in [2.45, 2.75) is 45.2 Å². The lowest BCUT2D eigenvalue weighted by atomic mass is 9.93. The SMILES string of the molecule is CC[C@H]1c2cccn2CCN1C(=O)c1coc2c1C(=O)CCC2. The Morgan fingerprint density at radius 1 is 1.35 bits per heavy atom.